The summed E-state index contributed by atoms with van der Waals surface area (Å²) in [5.74, 6) is 0.671. The Hall–Kier alpha value is -2.41. The zero-order valence-corrected chi connectivity index (χ0v) is 13.8. The molecule has 1 amide bonds. The molecule has 2 aromatic rings. The lowest BCUT2D eigenvalue weighted by Crippen LogP contribution is -2.36. The molecule has 2 N–H and O–H groups in total. The molecule has 0 bridgehead atoms. The van der Waals surface area contributed by atoms with Gasteiger partial charge in [-0.25, -0.2) is 0 Å². The molecular formula is C16H23N5O2. The minimum atomic E-state index is -0.157. The van der Waals surface area contributed by atoms with Crippen molar-refractivity contribution in [2.24, 2.45) is 5.73 Å². The van der Waals surface area contributed by atoms with Gasteiger partial charge in [0.1, 0.15) is 5.75 Å². The topological polar surface area (TPSA) is 86.3 Å². The first-order valence-electron chi connectivity index (χ1n) is 7.56. The standard InChI is InChI=1S/C16H23N5O2/c1-12(10-13-6-4-5-7-15(13)23-3)20(2)16(22)14-11-21(9-8-17)19-18-14/h4-7,11-12H,8-10,17H2,1-3H3/t12-/m0/s1. The number of methoxy groups -OCH3 is 1. The molecule has 0 aliphatic rings. The van der Waals surface area contributed by atoms with Gasteiger partial charge in [-0.2, -0.15) is 0 Å². The number of hydrogen-bond donors (Lipinski definition) is 1. The Kier molecular flexibility index (Phi) is 5.70. The molecule has 0 aliphatic carbocycles. The Morgan fingerprint density at radius 3 is 2.87 bits per heavy atom. The summed E-state index contributed by atoms with van der Waals surface area (Å²) in [7, 11) is 3.42. The van der Waals surface area contributed by atoms with E-state index in [1.165, 1.54) is 0 Å². The quantitative estimate of drug-likeness (QED) is 0.821. The summed E-state index contributed by atoms with van der Waals surface area (Å²) < 4.78 is 6.94. The Balaban J connectivity index is 2.05. The van der Waals surface area contributed by atoms with E-state index in [0.29, 0.717) is 25.2 Å². The number of nitrogens with two attached hydrogens (primary N) is 1. The van der Waals surface area contributed by atoms with Crippen LogP contribution in [0.1, 0.15) is 23.0 Å². The van der Waals surface area contributed by atoms with E-state index in [0.717, 1.165) is 11.3 Å². The van der Waals surface area contributed by atoms with E-state index in [4.69, 9.17) is 10.5 Å². The van der Waals surface area contributed by atoms with Crippen LogP contribution in [0.25, 0.3) is 0 Å². The smallest absolute Gasteiger partial charge is 0.276 e. The molecule has 0 unspecified atom stereocenters. The second-order valence-corrected chi connectivity index (χ2v) is 5.44. The summed E-state index contributed by atoms with van der Waals surface area (Å²) in [5, 5.41) is 7.82. The maximum Gasteiger partial charge on any atom is 0.276 e. The molecule has 2 rings (SSSR count). The van der Waals surface area contributed by atoms with Gasteiger partial charge in [-0.05, 0) is 25.0 Å². The number of hydrogen-bond acceptors (Lipinski definition) is 5. The third-order valence-electron chi connectivity index (χ3n) is 3.81. The van der Waals surface area contributed by atoms with E-state index in [-0.39, 0.29) is 11.9 Å². The van der Waals surface area contributed by atoms with Gasteiger partial charge in [-0.3, -0.25) is 9.48 Å². The van der Waals surface area contributed by atoms with Gasteiger partial charge in [-0.1, -0.05) is 23.4 Å². The van der Waals surface area contributed by atoms with E-state index in [9.17, 15) is 4.79 Å². The van der Waals surface area contributed by atoms with Crippen molar-refractivity contribution in [2.45, 2.75) is 25.9 Å². The highest BCUT2D eigenvalue weighted by molar-refractivity contribution is 5.91. The van der Waals surface area contributed by atoms with Gasteiger partial charge in [-0.15, -0.1) is 5.10 Å². The lowest BCUT2D eigenvalue weighted by Gasteiger charge is -2.24. The highest BCUT2D eigenvalue weighted by atomic mass is 16.5. The second kappa shape index (κ2) is 7.73. The van der Waals surface area contributed by atoms with Crippen LogP contribution in [-0.4, -0.2) is 52.5 Å². The van der Waals surface area contributed by atoms with E-state index in [1.807, 2.05) is 31.2 Å². The van der Waals surface area contributed by atoms with E-state index < -0.39 is 0 Å². The van der Waals surface area contributed by atoms with Crippen LogP contribution in [0.5, 0.6) is 5.75 Å². The van der Waals surface area contributed by atoms with Crippen molar-refractivity contribution in [3.8, 4) is 5.75 Å². The molecule has 7 heteroatoms. The SMILES string of the molecule is COc1ccccc1C[C@H](C)N(C)C(=O)c1cn(CCN)nn1. The molecule has 0 saturated heterocycles. The molecule has 23 heavy (non-hydrogen) atoms. The molecule has 0 fully saturated rings. The summed E-state index contributed by atoms with van der Waals surface area (Å²) >= 11 is 0. The van der Waals surface area contributed by atoms with E-state index in [1.54, 1.807) is 29.9 Å². The number of ether oxygens (including phenoxy) is 1. The third-order valence-corrected chi connectivity index (χ3v) is 3.81. The maximum atomic E-state index is 12.5. The van der Waals surface area contributed by atoms with Gasteiger partial charge in [0.05, 0.1) is 19.9 Å². The number of para-hydroxylation sites is 1. The fourth-order valence-corrected chi connectivity index (χ4v) is 2.35. The zero-order chi connectivity index (χ0) is 16.8. The first-order valence-corrected chi connectivity index (χ1v) is 7.56. The number of amides is 1. The molecule has 1 atom stereocenters. The van der Waals surface area contributed by atoms with Crippen LogP contribution in [0.3, 0.4) is 0 Å². The van der Waals surface area contributed by atoms with Crippen LogP contribution in [0.2, 0.25) is 0 Å². The van der Waals surface area contributed by atoms with Crippen LogP contribution in [0.4, 0.5) is 0 Å². The number of carbonyl (C=O) groups excluding carboxylic acids is 1. The highest BCUT2D eigenvalue weighted by Gasteiger charge is 2.21. The van der Waals surface area contributed by atoms with Gasteiger partial charge in [0.25, 0.3) is 5.91 Å². The monoisotopic (exact) mass is 317 g/mol. The molecular weight excluding hydrogens is 294 g/mol. The molecule has 0 aliphatic heterocycles. The minimum absolute atomic E-state index is 0.00143. The summed E-state index contributed by atoms with van der Waals surface area (Å²) in [5.41, 5.74) is 6.86. The van der Waals surface area contributed by atoms with Crippen LogP contribution < -0.4 is 10.5 Å². The van der Waals surface area contributed by atoms with Crippen LogP contribution in [0.15, 0.2) is 30.5 Å². The molecule has 124 valence electrons. The number of carbonyl (C=O) groups is 1. The number of benzene rings is 1. The molecule has 0 radical (unpaired) electrons. The normalized spacial score (nSPS) is 12.0. The van der Waals surface area contributed by atoms with Gasteiger partial charge >= 0.3 is 0 Å². The third kappa shape index (κ3) is 4.07. The molecule has 0 saturated carbocycles. The fourth-order valence-electron chi connectivity index (χ4n) is 2.35. The van der Waals surface area contributed by atoms with Crippen molar-refractivity contribution in [3.63, 3.8) is 0 Å². The van der Waals surface area contributed by atoms with Crippen molar-refractivity contribution < 1.29 is 9.53 Å². The Labute approximate surface area is 136 Å². The lowest BCUT2D eigenvalue weighted by atomic mass is 10.0. The molecule has 1 aromatic carbocycles. The van der Waals surface area contributed by atoms with Gasteiger partial charge in [0, 0.05) is 19.6 Å². The van der Waals surface area contributed by atoms with Crippen molar-refractivity contribution >= 4 is 5.91 Å². The lowest BCUT2D eigenvalue weighted by molar-refractivity contribution is 0.0737. The predicted molar refractivity (Wildman–Crippen MR) is 87.3 cm³/mol. The number of likely N-dealkylation sites (N-methyl/N-ethyl adjacent to an activating group) is 1. The van der Waals surface area contributed by atoms with Crippen LogP contribution >= 0.6 is 0 Å². The van der Waals surface area contributed by atoms with Gasteiger partial charge < -0.3 is 15.4 Å². The molecule has 1 heterocycles. The first kappa shape index (κ1) is 17.0. The Bertz CT molecular complexity index is 655. The molecule has 7 nitrogen and oxygen atoms in total. The summed E-state index contributed by atoms with van der Waals surface area (Å²) in [4.78, 5) is 14.2. The van der Waals surface area contributed by atoms with Crippen molar-refractivity contribution in [3.05, 3.63) is 41.7 Å². The fraction of sp³-hybridized carbons (Fsp3) is 0.438. The van der Waals surface area contributed by atoms with Crippen molar-refractivity contribution in [1.29, 1.82) is 0 Å². The average molecular weight is 317 g/mol. The molecule has 0 spiro atoms. The van der Waals surface area contributed by atoms with E-state index in [2.05, 4.69) is 10.3 Å². The van der Waals surface area contributed by atoms with Gasteiger partial charge in [0.15, 0.2) is 5.69 Å². The number of aromatic nitrogens is 3. The highest BCUT2D eigenvalue weighted by Crippen LogP contribution is 2.20. The summed E-state index contributed by atoms with van der Waals surface area (Å²) in [6, 6.07) is 7.81. The summed E-state index contributed by atoms with van der Waals surface area (Å²) in [6.45, 7) is 2.99. The molecule has 1 aromatic heterocycles. The van der Waals surface area contributed by atoms with Crippen molar-refractivity contribution in [2.75, 3.05) is 20.7 Å². The zero-order valence-electron chi connectivity index (χ0n) is 13.8. The average Bonchev–Trinajstić information content (AvgIpc) is 3.03. The van der Waals surface area contributed by atoms with Crippen LogP contribution in [0, 0.1) is 0 Å². The van der Waals surface area contributed by atoms with Crippen LogP contribution in [-0.2, 0) is 13.0 Å². The predicted octanol–water partition coefficient (Wildman–Crippen LogP) is 0.949. The largest absolute Gasteiger partial charge is 0.496 e. The second-order valence-electron chi connectivity index (χ2n) is 5.44. The Morgan fingerprint density at radius 1 is 1.43 bits per heavy atom. The first-order chi connectivity index (χ1) is 11.1. The van der Waals surface area contributed by atoms with Crippen molar-refractivity contribution in [1.82, 2.24) is 19.9 Å². The maximum absolute atomic E-state index is 12.5. The van der Waals surface area contributed by atoms with E-state index >= 15 is 0 Å². The number of nitrogens with zero attached hydrogens (tertiary/aromatic N) is 4. The number of rotatable bonds is 7. The minimum Gasteiger partial charge on any atom is -0.496 e. The summed E-state index contributed by atoms with van der Waals surface area (Å²) in [6.07, 6.45) is 2.32. The Morgan fingerprint density at radius 2 is 2.17 bits per heavy atom. The van der Waals surface area contributed by atoms with Gasteiger partial charge in [0.2, 0.25) is 0 Å².